The second kappa shape index (κ2) is 9.81. The molecule has 8 heteroatoms. The van der Waals surface area contributed by atoms with Gasteiger partial charge < -0.3 is 14.9 Å². The first-order valence-electron chi connectivity index (χ1n) is 13.3. The zero-order valence-corrected chi connectivity index (χ0v) is 21.3. The number of benzene rings is 1. The highest BCUT2D eigenvalue weighted by molar-refractivity contribution is 5.78. The summed E-state index contributed by atoms with van der Waals surface area (Å²) < 4.78 is 0. The largest absolute Gasteiger partial charge is 0.388 e. The van der Waals surface area contributed by atoms with E-state index in [1.165, 1.54) is 24.9 Å². The lowest BCUT2D eigenvalue weighted by molar-refractivity contribution is -0.149. The van der Waals surface area contributed by atoms with Crippen molar-refractivity contribution in [1.29, 1.82) is 0 Å². The Morgan fingerprint density at radius 3 is 2.49 bits per heavy atom. The van der Waals surface area contributed by atoms with E-state index in [-0.39, 0.29) is 23.9 Å². The maximum atomic E-state index is 12.9. The summed E-state index contributed by atoms with van der Waals surface area (Å²) >= 11 is 0. The van der Waals surface area contributed by atoms with E-state index in [1.807, 2.05) is 23.1 Å². The number of aliphatic hydroxyl groups is 1. The fraction of sp³-hybridized carbons (Fsp3) is 0.704. The van der Waals surface area contributed by atoms with Crippen LogP contribution in [-0.2, 0) is 9.59 Å². The molecule has 5 rings (SSSR count). The van der Waals surface area contributed by atoms with Gasteiger partial charge >= 0.3 is 0 Å². The van der Waals surface area contributed by atoms with E-state index in [0.717, 1.165) is 13.1 Å². The molecule has 35 heavy (non-hydrogen) atoms. The molecule has 4 aliphatic heterocycles. The van der Waals surface area contributed by atoms with Crippen molar-refractivity contribution in [2.24, 2.45) is 0 Å². The first kappa shape index (κ1) is 24.7. The second-order valence-corrected chi connectivity index (χ2v) is 11.4. The number of nitrogens with zero attached hydrogens (tertiary/aromatic N) is 4. The molecule has 192 valence electrons. The number of likely N-dealkylation sites (N-methyl/N-ethyl adjacent to an activating group) is 1. The molecule has 1 spiro atoms. The Kier molecular flexibility index (Phi) is 6.92. The molecule has 1 unspecified atom stereocenters. The molecule has 1 aromatic carbocycles. The molecule has 2 N–H and O–H groups in total. The van der Waals surface area contributed by atoms with E-state index in [1.54, 1.807) is 4.90 Å². The van der Waals surface area contributed by atoms with Crippen LogP contribution >= 0.6 is 0 Å². The Morgan fingerprint density at radius 1 is 1.14 bits per heavy atom. The molecule has 0 aromatic heterocycles. The van der Waals surface area contributed by atoms with Gasteiger partial charge in [0.2, 0.25) is 11.8 Å². The summed E-state index contributed by atoms with van der Waals surface area (Å²) in [5.41, 5.74) is 0.563. The molecule has 0 radical (unpaired) electrons. The van der Waals surface area contributed by atoms with E-state index in [2.05, 4.69) is 41.2 Å². The van der Waals surface area contributed by atoms with Gasteiger partial charge in [0.25, 0.3) is 0 Å². The van der Waals surface area contributed by atoms with Crippen molar-refractivity contribution in [2.45, 2.75) is 68.7 Å². The summed E-state index contributed by atoms with van der Waals surface area (Å²) in [7, 11) is 2.22. The number of carbonyl (C=O) groups excluding carboxylic acids is 2. The maximum absolute atomic E-state index is 12.9. The Morgan fingerprint density at radius 2 is 1.86 bits per heavy atom. The van der Waals surface area contributed by atoms with E-state index >= 15 is 0 Å². The minimum absolute atomic E-state index is 0.0964. The van der Waals surface area contributed by atoms with Crippen molar-refractivity contribution < 1.29 is 14.7 Å². The zero-order valence-electron chi connectivity index (χ0n) is 21.3. The van der Waals surface area contributed by atoms with Crippen LogP contribution < -0.4 is 5.32 Å². The SMILES string of the molecule is C[C@H](CC(=O)N1CCC(O)(CN2CNC(N3CC4(CCCN4C)C3)CC2=O)CC1)c1ccccc1. The van der Waals surface area contributed by atoms with Gasteiger partial charge in [-0.15, -0.1) is 0 Å². The number of hydrogen-bond acceptors (Lipinski definition) is 6. The van der Waals surface area contributed by atoms with Crippen LogP contribution in [0.1, 0.15) is 56.9 Å². The average Bonchev–Trinajstić information content (AvgIpc) is 3.22. The Bertz CT molecular complexity index is 911. The minimum atomic E-state index is -0.931. The number of carbonyl (C=O) groups is 2. The summed E-state index contributed by atoms with van der Waals surface area (Å²) in [4.78, 5) is 34.3. The second-order valence-electron chi connectivity index (χ2n) is 11.4. The number of nitrogens with one attached hydrogen (secondary N) is 1. The summed E-state index contributed by atoms with van der Waals surface area (Å²) in [5.74, 6) is 0.421. The predicted octanol–water partition coefficient (Wildman–Crippen LogP) is 1.42. The monoisotopic (exact) mass is 483 g/mol. The lowest BCUT2D eigenvalue weighted by Crippen LogP contribution is -2.73. The van der Waals surface area contributed by atoms with Crippen LogP contribution in [0.25, 0.3) is 0 Å². The van der Waals surface area contributed by atoms with Crippen LogP contribution in [0, 0.1) is 0 Å². The number of amides is 2. The highest BCUT2D eigenvalue weighted by Crippen LogP contribution is 2.38. The van der Waals surface area contributed by atoms with Crippen molar-refractivity contribution in [2.75, 3.05) is 53.0 Å². The number of rotatable bonds is 6. The topological polar surface area (TPSA) is 79.4 Å². The summed E-state index contributed by atoms with van der Waals surface area (Å²) in [6.07, 6.45) is 4.57. The van der Waals surface area contributed by atoms with E-state index in [0.29, 0.717) is 57.5 Å². The van der Waals surface area contributed by atoms with Gasteiger partial charge in [-0.25, -0.2) is 0 Å². The fourth-order valence-electron chi connectivity index (χ4n) is 6.45. The smallest absolute Gasteiger partial charge is 0.226 e. The van der Waals surface area contributed by atoms with Crippen molar-refractivity contribution in [3.8, 4) is 0 Å². The van der Waals surface area contributed by atoms with Gasteiger partial charge in [-0.1, -0.05) is 37.3 Å². The minimum Gasteiger partial charge on any atom is -0.388 e. The molecule has 0 aliphatic carbocycles. The number of likely N-dealkylation sites (tertiary alicyclic amines) is 3. The Hall–Kier alpha value is -2.00. The lowest BCUT2D eigenvalue weighted by Gasteiger charge is -2.56. The van der Waals surface area contributed by atoms with E-state index < -0.39 is 5.60 Å². The van der Waals surface area contributed by atoms with Crippen molar-refractivity contribution >= 4 is 11.8 Å². The normalized spacial score (nSPS) is 27.7. The number of hydrogen-bond donors (Lipinski definition) is 2. The van der Waals surface area contributed by atoms with Crippen LogP contribution in [0.3, 0.4) is 0 Å². The van der Waals surface area contributed by atoms with Gasteiger partial charge in [0, 0.05) is 38.1 Å². The van der Waals surface area contributed by atoms with E-state index in [4.69, 9.17) is 0 Å². The molecule has 4 fully saturated rings. The highest BCUT2D eigenvalue weighted by atomic mass is 16.3. The fourth-order valence-corrected chi connectivity index (χ4v) is 6.45. The first-order chi connectivity index (χ1) is 16.8. The van der Waals surface area contributed by atoms with E-state index in [9.17, 15) is 14.7 Å². The van der Waals surface area contributed by atoms with Crippen LogP contribution in [0.15, 0.2) is 30.3 Å². The van der Waals surface area contributed by atoms with Crippen LogP contribution in [0.4, 0.5) is 0 Å². The molecule has 0 bridgehead atoms. The van der Waals surface area contributed by atoms with Gasteiger partial charge in [0.05, 0.1) is 31.4 Å². The molecule has 8 nitrogen and oxygen atoms in total. The van der Waals surface area contributed by atoms with Crippen LogP contribution in [0.5, 0.6) is 0 Å². The molecule has 4 heterocycles. The molecular weight excluding hydrogens is 442 g/mol. The zero-order chi connectivity index (χ0) is 24.6. The predicted molar refractivity (Wildman–Crippen MR) is 135 cm³/mol. The van der Waals surface area contributed by atoms with Crippen LogP contribution in [-0.4, -0.2) is 107 Å². The van der Waals surface area contributed by atoms with Gasteiger partial charge in [0.1, 0.15) is 0 Å². The quantitative estimate of drug-likeness (QED) is 0.637. The third kappa shape index (κ3) is 5.12. The van der Waals surface area contributed by atoms with Gasteiger partial charge in [0.15, 0.2) is 0 Å². The lowest BCUT2D eigenvalue weighted by atomic mass is 9.86. The average molecular weight is 484 g/mol. The van der Waals surface area contributed by atoms with Gasteiger partial charge in [-0.3, -0.25) is 24.7 Å². The molecule has 4 saturated heterocycles. The maximum Gasteiger partial charge on any atom is 0.226 e. The number of β-amino-alcohol motifs (C(OH)–C–C–N with tert-alkyl or cyclic N) is 1. The molecule has 0 saturated carbocycles. The van der Waals surface area contributed by atoms with Crippen molar-refractivity contribution in [3.63, 3.8) is 0 Å². The third-order valence-corrected chi connectivity index (χ3v) is 9.00. The Labute approximate surface area is 209 Å². The summed E-state index contributed by atoms with van der Waals surface area (Å²) in [6, 6.07) is 10.1. The molecule has 4 aliphatic rings. The summed E-state index contributed by atoms with van der Waals surface area (Å²) in [6.45, 7) is 7.21. The Balaban J connectivity index is 1.06. The third-order valence-electron chi connectivity index (χ3n) is 9.00. The molecule has 2 amide bonds. The van der Waals surface area contributed by atoms with Crippen LogP contribution in [0.2, 0.25) is 0 Å². The van der Waals surface area contributed by atoms with Gasteiger partial charge in [-0.05, 0) is 50.8 Å². The first-order valence-corrected chi connectivity index (χ1v) is 13.3. The number of piperidine rings is 1. The molecular formula is C27H41N5O3. The van der Waals surface area contributed by atoms with Crippen molar-refractivity contribution in [3.05, 3.63) is 35.9 Å². The standard InChI is InChI=1S/C27H41N5O3/c1-21(22-7-4-3-5-8-22)15-24(33)30-13-10-27(35,11-14-30)19-32-20-28-23(16-25(32)34)31-17-26(18-31)9-6-12-29(26)2/h3-5,7-8,21,23,28,35H,6,9-20H2,1-2H3/t21-,23?/m1/s1. The van der Waals surface area contributed by atoms with Gasteiger partial charge in [-0.2, -0.15) is 0 Å². The highest BCUT2D eigenvalue weighted by Gasteiger charge is 2.51. The van der Waals surface area contributed by atoms with Crippen molar-refractivity contribution in [1.82, 2.24) is 24.9 Å². The molecule has 1 aromatic rings. The molecule has 2 atom stereocenters. The summed E-state index contributed by atoms with van der Waals surface area (Å²) in [5, 5.41) is 14.8.